The Kier molecular flexibility index (Phi) is 4.20. The van der Waals surface area contributed by atoms with Gasteiger partial charge in [0.2, 0.25) is 0 Å². The third-order valence-corrected chi connectivity index (χ3v) is 6.19. The average Bonchev–Trinajstić information content (AvgIpc) is 3.33. The van der Waals surface area contributed by atoms with E-state index in [9.17, 15) is 4.79 Å². The number of nitrogens with two attached hydrogens (primary N) is 1. The van der Waals surface area contributed by atoms with E-state index in [0.29, 0.717) is 29.3 Å². The predicted molar refractivity (Wildman–Crippen MR) is 97.0 cm³/mol. The van der Waals surface area contributed by atoms with Crippen LogP contribution in [0.2, 0.25) is 0 Å². The number of hydrogen-bond acceptors (Lipinski definition) is 4. The largest absolute Gasteiger partial charge is 0.496 e. The quantitative estimate of drug-likeness (QED) is 0.769. The Bertz CT molecular complexity index is 709. The Morgan fingerprint density at radius 1 is 1.28 bits per heavy atom. The molecular formula is C20H27N3O2. The molecule has 1 amide bonds. The fourth-order valence-corrected chi connectivity index (χ4v) is 4.59. The second-order valence-corrected chi connectivity index (χ2v) is 7.62. The summed E-state index contributed by atoms with van der Waals surface area (Å²) in [6.45, 7) is 0.428. The number of ether oxygens (including phenoxy) is 1. The minimum atomic E-state index is -0.223. The van der Waals surface area contributed by atoms with Crippen molar-refractivity contribution in [2.24, 2.45) is 11.1 Å². The molecule has 0 radical (unpaired) electrons. The lowest BCUT2D eigenvalue weighted by Crippen LogP contribution is -2.43. The van der Waals surface area contributed by atoms with Gasteiger partial charge in [0.25, 0.3) is 5.91 Å². The van der Waals surface area contributed by atoms with Crippen molar-refractivity contribution in [1.29, 1.82) is 0 Å². The zero-order chi connectivity index (χ0) is 17.4. The highest BCUT2D eigenvalue weighted by Gasteiger charge is 2.51. The maximum Gasteiger partial charge on any atom is 0.251 e. The molecule has 0 aromatic heterocycles. The number of rotatable bonds is 5. The van der Waals surface area contributed by atoms with E-state index in [-0.39, 0.29) is 11.9 Å². The molecule has 5 heteroatoms. The summed E-state index contributed by atoms with van der Waals surface area (Å²) in [5.74, 6) is 0.724. The second kappa shape index (κ2) is 6.37. The van der Waals surface area contributed by atoms with Gasteiger partial charge >= 0.3 is 0 Å². The van der Waals surface area contributed by atoms with Crippen molar-refractivity contribution in [3.63, 3.8) is 0 Å². The van der Waals surface area contributed by atoms with Gasteiger partial charge in [0, 0.05) is 17.3 Å². The predicted octanol–water partition coefficient (Wildman–Crippen LogP) is 2.39. The lowest BCUT2D eigenvalue weighted by atomic mass is 9.80. The van der Waals surface area contributed by atoms with E-state index < -0.39 is 0 Å². The van der Waals surface area contributed by atoms with Crippen LogP contribution in [0.15, 0.2) is 35.5 Å². The number of nitrogens with one attached hydrogen (secondary N) is 2. The van der Waals surface area contributed by atoms with Crippen LogP contribution in [0.4, 0.5) is 0 Å². The smallest absolute Gasteiger partial charge is 0.251 e. The first kappa shape index (κ1) is 16.5. The first-order valence-electron chi connectivity index (χ1n) is 9.30. The first-order chi connectivity index (χ1) is 12.1. The zero-order valence-corrected chi connectivity index (χ0v) is 14.8. The van der Waals surface area contributed by atoms with Crippen molar-refractivity contribution >= 4 is 5.91 Å². The molecule has 0 saturated heterocycles. The Morgan fingerprint density at radius 2 is 2.08 bits per heavy atom. The summed E-state index contributed by atoms with van der Waals surface area (Å²) in [4.78, 5) is 12.5. The van der Waals surface area contributed by atoms with Crippen LogP contribution in [0.3, 0.4) is 0 Å². The molecule has 1 aromatic carbocycles. The second-order valence-electron chi connectivity index (χ2n) is 7.62. The minimum Gasteiger partial charge on any atom is -0.496 e. The van der Waals surface area contributed by atoms with E-state index >= 15 is 0 Å². The van der Waals surface area contributed by atoms with Crippen LogP contribution in [0.25, 0.3) is 0 Å². The lowest BCUT2D eigenvalue weighted by molar-refractivity contribution is -0.117. The lowest BCUT2D eigenvalue weighted by Gasteiger charge is -2.36. The van der Waals surface area contributed by atoms with Gasteiger partial charge in [0.05, 0.1) is 25.3 Å². The van der Waals surface area contributed by atoms with Crippen LogP contribution in [0.5, 0.6) is 5.75 Å². The molecule has 2 aliphatic carbocycles. The standard InChI is InChI=1S/C20H27N3O2/c1-25-15-7-3-2-6-13(15)18(17-14(21)12-22-19(17)24)23-16-8-4-5-9-20(16)10-11-20/h2-3,6-7,16,18,23H,4-5,8-12,21H2,1H3,(H,22,24)/t16-,18?/m1/s1. The first-order valence-corrected chi connectivity index (χ1v) is 9.30. The van der Waals surface area contributed by atoms with Crippen molar-refractivity contribution in [1.82, 2.24) is 10.6 Å². The maximum absolute atomic E-state index is 12.5. The Labute approximate surface area is 149 Å². The highest BCUT2D eigenvalue weighted by atomic mass is 16.5. The van der Waals surface area contributed by atoms with Crippen molar-refractivity contribution < 1.29 is 9.53 Å². The Balaban J connectivity index is 1.71. The SMILES string of the molecule is COc1ccccc1C(N[C@@H]1CCCCC12CC2)C1=C(N)CNC1=O. The minimum absolute atomic E-state index is 0.0680. The number of benzene rings is 1. The molecule has 2 atom stereocenters. The summed E-state index contributed by atoms with van der Waals surface area (Å²) in [7, 11) is 1.67. The van der Waals surface area contributed by atoms with E-state index in [0.717, 1.165) is 11.3 Å². The zero-order valence-electron chi connectivity index (χ0n) is 14.8. The fourth-order valence-electron chi connectivity index (χ4n) is 4.59. The van der Waals surface area contributed by atoms with E-state index in [1.165, 1.54) is 38.5 Å². The highest BCUT2D eigenvalue weighted by molar-refractivity contribution is 5.98. The number of methoxy groups -OCH3 is 1. The number of carbonyl (C=O) groups is 1. The van der Waals surface area contributed by atoms with Gasteiger partial charge < -0.3 is 21.1 Å². The van der Waals surface area contributed by atoms with Crippen LogP contribution in [0, 0.1) is 5.41 Å². The number of carbonyl (C=O) groups excluding carboxylic acids is 1. The van der Waals surface area contributed by atoms with E-state index in [4.69, 9.17) is 10.5 Å². The summed E-state index contributed by atoms with van der Waals surface area (Å²) in [5.41, 5.74) is 8.92. The molecule has 25 heavy (non-hydrogen) atoms. The number of amides is 1. The van der Waals surface area contributed by atoms with E-state index in [2.05, 4.69) is 10.6 Å². The molecule has 1 aliphatic heterocycles. The Morgan fingerprint density at radius 3 is 2.76 bits per heavy atom. The van der Waals surface area contributed by atoms with Gasteiger partial charge in [0.1, 0.15) is 5.75 Å². The molecule has 4 rings (SSSR count). The van der Waals surface area contributed by atoms with Gasteiger partial charge in [-0.25, -0.2) is 0 Å². The van der Waals surface area contributed by atoms with E-state index in [1.54, 1.807) is 7.11 Å². The van der Waals surface area contributed by atoms with Gasteiger partial charge in [-0.3, -0.25) is 4.79 Å². The maximum atomic E-state index is 12.5. The monoisotopic (exact) mass is 341 g/mol. The molecule has 2 saturated carbocycles. The Hall–Kier alpha value is -2.01. The molecule has 1 spiro atoms. The molecule has 1 aromatic rings. The molecule has 3 aliphatic rings. The molecule has 4 N–H and O–H groups in total. The normalized spacial score (nSPS) is 25.8. The molecule has 0 bridgehead atoms. The molecule has 1 unspecified atom stereocenters. The van der Waals surface area contributed by atoms with Gasteiger partial charge in [0.15, 0.2) is 0 Å². The third-order valence-electron chi connectivity index (χ3n) is 6.19. The average molecular weight is 341 g/mol. The van der Waals surface area contributed by atoms with E-state index in [1.807, 2.05) is 24.3 Å². The molecule has 2 fully saturated rings. The van der Waals surface area contributed by atoms with Gasteiger partial charge in [-0.15, -0.1) is 0 Å². The van der Waals surface area contributed by atoms with Gasteiger partial charge in [-0.1, -0.05) is 31.0 Å². The van der Waals surface area contributed by atoms with Gasteiger partial charge in [-0.05, 0) is 37.2 Å². The van der Waals surface area contributed by atoms with Crippen LogP contribution in [0.1, 0.15) is 50.1 Å². The summed E-state index contributed by atoms with van der Waals surface area (Å²) < 4.78 is 5.58. The molecule has 5 nitrogen and oxygen atoms in total. The van der Waals surface area contributed by atoms with Crippen LogP contribution >= 0.6 is 0 Å². The fraction of sp³-hybridized carbons (Fsp3) is 0.550. The van der Waals surface area contributed by atoms with Gasteiger partial charge in [-0.2, -0.15) is 0 Å². The van der Waals surface area contributed by atoms with Crippen LogP contribution in [-0.4, -0.2) is 25.6 Å². The van der Waals surface area contributed by atoms with Crippen molar-refractivity contribution in [3.8, 4) is 5.75 Å². The number of hydrogen-bond donors (Lipinski definition) is 3. The highest BCUT2D eigenvalue weighted by Crippen LogP contribution is 2.56. The van der Waals surface area contributed by atoms with Crippen LogP contribution in [-0.2, 0) is 4.79 Å². The third kappa shape index (κ3) is 2.91. The summed E-state index contributed by atoms with van der Waals surface area (Å²) in [5, 5.41) is 6.69. The van der Waals surface area contributed by atoms with Crippen molar-refractivity contribution in [2.75, 3.05) is 13.7 Å². The summed E-state index contributed by atoms with van der Waals surface area (Å²) in [6, 6.07) is 8.13. The molecule has 1 heterocycles. The van der Waals surface area contributed by atoms with Crippen molar-refractivity contribution in [3.05, 3.63) is 41.1 Å². The van der Waals surface area contributed by atoms with Crippen molar-refractivity contribution in [2.45, 2.75) is 50.6 Å². The molecular weight excluding hydrogens is 314 g/mol. The van der Waals surface area contributed by atoms with Crippen LogP contribution < -0.4 is 21.1 Å². The number of para-hydroxylation sites is 1. The summed E-state index contributed by atoms with van der Waals surface area (Å²) >= 11 is 0. The topological polar surface area (TPSA) is 76.4 Å². The molecule has 134 valence electrons. The summed E-state index contributed by atoms with van der Waals surface area (Å²) in [6.07, 6.45) is 7.63.